The first-order valence-electron chi connectivity index (χ1n) is 8.85. The predicted octanol–water partition coefficient (Wildman–Crippen LogP) is 3.44. The molecule has 0 saturated carbocycles. The summed E-state index contributed by atoms with van der Waals surface area (Å²) in [7, 11) is 3.02. The monoisotopic (exact) mass is 382 g/mol. The minimum absolute atomic E-state index is 0.257. The van der Waals surface area contributed by atoms with Gasteiger partial charge in [0.05, 0.1) is 36.2 Å². The summed E-state index contributed by atoms with van der Waals surface area (Å²) in [4.78, 5) is 22.7. The fourth-order valence-electron chi connectivity index (χ4n) is 3.60. The van der Waals surface area contributed by atoms with E-state index in [0.29, 0.717) is 39.0 Å². The van der Waals surface area contributed by atoms with Gasteiger partial charge in [-0.2, -0.15) is 5.26 Å². The Morgan fingerprint density at radius 2 is 1.62 bits per heavy atom. The Kier molecular flexibility index (Phi) is 3.61. The summed E-state index contributed by atoms with van der Waals surface area (Å²) in [6.07, 6.45) is 0. The fourth-order valence-corrected chi connectivity index (χ4v) is 3.60. The van der Waals surface area contributed by atoms with E-state index in [1.807, 2.05) is 30.3 Å². The molecule has 0 bridgehead atoms. The predicted molar refractivity (Wildman–Crippen MR) is 110 cm³/mol. The Bertz CT molecular complexity index is 1560. The van der Waals surface area contributed by atoms with Crippen molar-refractivity contribution in [1.29, 1.82) is 5.26 Å². The van der Waals surface area contributed by atoms with Crippen molar-refractivity contribution in [2.24, 2.45) is 0 Å². The summed E-state index contributed by atoms with van der Waals surface area (Å²) < 4.78 is 12.0. The molecule has 0 spiro atoms. The smallest absolute Gasteiger partial charge is 0.267 e. The van der Waals surface area contributed by atoms with Crippen LogP contribution in [0.1, 0.15) is 5.56 Å². The van der Waals surface area contributed by atoms with Gasteiger partial charge in [0, 0.05) is 16.8 Å². The summed E-state index contributed by atoms with van der Waals surface area (Å²) in [5.41, 5.74) is 1.85. The summed E-state index contributed by atoms with van der Waals surface area (Å²) in [5, 5.41) is 11.7. The molecule has 0 saturated heterocycles. The van der Waals surface area contributed by atoms with E-state index < -0.39 is 0 Å². The second-order valence-electron chi connectivity index (χ2n) is 6.56. The molecule has 0 fully saturated rings. The number of rotatable bonds is 2. The Morgan fingerprint density at radius 1 is 0.897 bits per heavy atom. The summed E-state index contributed by atoms with van der Waals surface area (Å²) in [6.45, 7) is 0. The minimum Gasteiger partial charge on any atom is -0.493 e. The normalized spacial score (nSPS) is 11.2. The van der Waals surface area contributed by atoms with Crippen LogP contribution in [0.3, 0.4) is 0 Å². The van der Waals surface area contributed by atoms with Crippen LogP contribution >= 0.6 is 0 Å². The summed E-state index contributed by atoms with van der Waals surface area (Å²) >= 11 is 0. The van der Waals surface area contributed by atoms with Crippen LogP contribution in [0.2, 0.25) is 0 Å². The van der Waals surface area contributed by atoms with Crippen molar-refractivity contribution in [3.63, 3.8) is 0 Å². The van der Waals surface area contributed by atoms with E-state index in [4.69, 9.17) is 9.47 Å². The van der Waals surface area contributed by atoms with Gasteiger partial charge in [-0.05, 0) is 24.3 Å². The third-order valence-electron chi connectivity index (χ3n) is 4.98. The van der Waals surface area contributed by atoms with Crippen LogP contribution in [-0.2, 0) is 0 Å². The number of fused-ring (bicyclic) bond motifs is 5. The topological polar surface area (TPSA) is 89.5 Å². The molecule has 3 heterocycles. The Hall–Kier alpha value is -4.18. The van der Waals surface area contributed by atoms with Crippen molar-refractivity contribution in [2.45, 2.75) is 0 Å². The van der Waals surface area contributed by atoms with Gasteiger partial charge in [-0.1, -0.05) is 18.2 Å². The lowest BCUT2D eigenvalue weighted by Gasteiger charge is -2.12. The molecule has 0 N–H and O–H groups in total. The SMILES string of the molecule is COc1cc2nc3c(C#N)cc4cc5ccccc5nc4n3c(=O)c2cc1OC. The van der Waals surface area contributed by atoms with E-state index in [0.717, 1.165) is 10.9 Å². The van der Waals surface area contributed by atoms with E-state index in [1.165, 1.54) is 18.6 Å². The second-order valence-corrected chi connectivity index (χ2v) is 6.56. The number of nitrogens with zero attached hydrogens (tertiary/aromatic N) is 4. The van der Waals surface area contributed by atoms with Crippen molar-refractivity contribution in [1.82, 2.24) is 14.4 Å². The van der Waals surface area contributed by atoms with E-state index >= 15 is 0 Å². The van der Waals surface area contributed by atoms with Gasteiger partial charge in [0.1, 0.15) is 11.7 Å². The molecule has 5 aromatic rings. The number of pyridine rings is 2. The molecule has 29 heavy (non-hydrogen) atoms. The van der Waals surface area contributed by atoms with E-state index in [2.05, 4.69) is 16.0 Å². The molecule has 7 heteroatoms. The zero-order valence-electron chi connectivity index (χ0n) is 15.6. The number of methoxy groups -OCH3 is 2. The molecule has 0 aliphatic carbocycles. The lowest BCUT2D eigenvalue weighted by molar-refractivity contribution is 0.355. The first kappa shape index (κ1) is 17.0. The molecule has 0 radical (unpaired) electrons. The molecule has 0 aliphatic rings. The highest BCUT2D eigenvalue weighted by molar-refractivity contribution is 5.94. The highest BCUT2D eigenvalue weighted by Gasteiger charge is 2.17. The largest absolute Gasteiger partial charge is 0.493 e. The molecule has 0 atom stereocenters. The third kappa shape index (κ3) is 2.39. The van der Waals surface area contributed by atoms with Crippen LogP contribution < -0.4 is 15.0 Å². The van der Waals surface area contributed by atoms with Gasteiger partial charge >= 0.3 is 0 Å². The first-order chi connectivity index (χ1) is 14.1. The lowest BCUT2D eigenvalue weighted by atomic mass is 10.1. The van der Waals surface area contributed by atoms with E-state index in [1.54, 1.807) is 18.2 Å². The highest BCUT2D eigenvalue weighted by atomic mass is 16.5. The number of para-hydroxylation sites is 1. The van der Waals surface area contributed by atoms with Crippen molar-refractivity contribution < 1.29 is 9.47 Å². The average molecular weight is 382 g/mol. The number of hydrogen-bond donors (Lipinski definition) is 0. The van der Waals surface area contributed by atoms with Gasteiger partial charge in [-0.15, -0.1) is 0 Å². The molecule has 0 amide bonds. The summed E-state index contributed by atoms with van der Waals surface area (Å²) in [5.74, 6) is 0.887. The van der Waals surface area contributed by atoms with E-state index in [-0.39, 0.29) is 11.2 Å². The van der Waals surface area contributed by atoms with Crippen molar-refractivity contribution in [3.8, 4) is 17.6 Å². The van der Waals surface area contributed by atoms with Gasteiger partial charge in [0.15, 0.2) is 17.1 Å². The molecule has 140 valence electrons. The molecule has 0 unspecified atom stereocenters. The number of hydrogen-bond acceptors (Lipinski definition) is 6. The Balaban J connectivity index is 2.04. The second kappa shape index (κ2) is 6.17. The molecular formula is C22H14N4O3. The molecular weight excluding hydrogens is 368 g/mol. The number of nitriles is 1. The quantitative estimate of drug-likeness (QED) is 0.343. The van der Waals surface area contributed by atoms with Gasteiger partial charge < -0.3 is 9.47 Å². The fraction of sp³-hybridized carbons (Fsp3) is 0.0909. The van der Waals surface area contributed by atoms with Gasteiger partial charge in [-0.3, -0.25) is 4.79 Å². The van der Waals surface area contributed by atoms with Crippen LogP contribution in [0.4, 0.5) is 0 Å². The number of benzene rings is 2. The maximum atomic E-state index is 13.5. The molecule has 7 nitrogen and oxygen atoms in total. The van der Waals surface area contributed by atoms with Gasteiger partial charge in [0.25, 0.3) is 5.56 Å². The zero-order chi connectivity index (χ0) is 20.1. The zero-order valence-corrected chi connectivity index (χ0v) is 15.6. The van der Waals surface area contributed by atoms with Crippen molar-refractivity contribution >= 4 is 38.5 Å². The Labute approximate surface area is 164 Å². The molecule has 3 aromatic heterocycles. The van der Waals surface area contributed by atoms with Crippen molar-refractivity contribution in [2.75, 3.05) is 14.2 Å². The molecule has 5 rings (SSSR count). The van der Waals surface area contributed by atoms with Crippen LogP contribution in [0.25, 0.3) is 38.5 Å². The average Bonchev–Trinajstić information content (AvgIpc) is 2.76. The van der Waals surface area contributed by atoms with Crippen LogP contribution in [0, 0.1) is 11.3 Å². The van der Waals surface area contributed by atoms with Crippen molar-refractivity contribution in [3.05, 3.63) is 64.4 Å². The number of aromatic nitrogens is 3. The van der Waals surface area contributed by atoms with Crippen LogP contribution in [0.15, 0.2) is 53.3 Å². The first-order valence-corrected chi connectivity index (χ1v) is 8.85. The van der Waals surface area contributed by atoms with E-state index in [9.17, 15) is 10.1 Å². The molecule has 0 aliphatic heterocycles. The maximum absolute atomic E-state index is 13.5. The maximum Gasteiger partial charge on any atom is 0.267 e. The van der Waals surface area contributed by atoms with Gasteiger partial charge in [-0.25, -0.2) is 14.4 Å². The Morgan fingerprint density at radius 3 is 2.38 bits per heavy atom. The number of ether oxygens (including phenoxy) is 2. The minimum atomic E-state index is -0.323. The third-order valence-corrected chi connectivity index (χ3v) is 4.98. The molecule has 2 aromatic carbocycles. The van der Waals surface area contributed by atoms with Crippen LogP contribution in [-0.4, -0.2) is 28.6 Å². The lowest BCUT2D eigenvalue weighted by Crippen LogP contribution is -2.18. The van der Waals surface area contributed by atoms with Gasteiger partial charge in [0.2, 0.25) is 0 Å². The van der Waals surface area contributed by atoms with Crippen LogP contribution in [0.5, 0.6) is 11.5 Å². The summed E-state index contributed by atoms with van der Waals surface area (Å²) in [6, 6.07) is 16.6. The highest BCUT2D eigenvalue weighted by Crippen LogP contribution is 2.31. The standard InChI is InChI=1S/C22H14N4O3/c1-28-18-9-15-17(10-19(18)29-2)25-21-14(11-23)8-13-7-12-5-3-4-6-16(12)24-20(13)26(21)22(15)27/h3-10H,1-2H3.